The van der Waals surface area contributed by atoms with E-state index in [9.17, 15) is 9.59 Å². The number of benzene rings is 2. The van der Waals surface area contributed by atoms with Crippen LogP contribution in [0.1, 0.15) is 38.3 Å². The highest BCUT2D eigenvalue weighted by molar-refractivity contribution is 7.99. The number of ether oxygens (including phenoxy) is 1. The van der Waals surface area contributed by atoms with E-state index in [1.165, 1.54) is 11.8 Å². The van der Waals surface area contributed by atoms with Crippen LogP contribution >= 0.6 is 35.0 Å². The molecule has 1 atom stereocenters. The molecular weight excluding hydrogens is 479 g/mol. The lowest BCUT2D eigenvalue weighted by molar-refractivity contribution is -0.139. The highest BCUT2D eigenvalue weighted by Crippen LogP contribution is 2.25. The second-order valence-corrected chi connectivity index (χ2v) is 9.97. The first-order valence-corrected chi connectivity index (χ1v) is 12.9. The van der Waals surface area contributed by atoms with Crippen molar-refractivity contribution >= 4 is 46.8 Å². The van der Waals surface area contributed by atoms with Crippen molar-refractivity contribution in [2.45, 2.75) is 45.5 Å². The minimum atomic E-state index is -0.563. The Balaban J connectivity index is 2.13. The normalized spacial score (nSPS) is 11.8. The number of methoxy groups -OCH3 is 1. The van der Waals surface area contributed by atoms with E-state index in [1.807, 2.05) is 51.1 Å². The second kappa shape index (κ2) is 13.7. The number of amides is 2. The Labute approximate surface area is 211 Å². The summed E-state index contributed by atoms with van der Waals surface area (Å²) in [6, 6.07) is 12.5. The molecule has 0 heterocycles. The van der Waals surface area contributed by atoms with Gasteiger partial charge in [-0.25, -0.2) is 0 Å². The summed E-state index contributed by atoms with van der Waals surface area (Å²) < 4.78 is 5.19. The van der Waals surface area contributed by atoms with E-state index in [0.29, 0.717) is 34.7 Å². The number of halogens is 2. The zero-order chi connectivity index (χ0) is 24.4. The van der Waals surface area contributed by atoms with Gasteiger partial charge in [0.2, 0.25) is 11.8 Å². The minimum Gasteiger partial charge on any atom is -0.497 e. The van der Waals surface area contributed by atoms with Crippen LogP contribution in [-0.2, 0) is 21.9 Å². The third-order valence-corrected chi connectivity index (χ3v) is 6.79. The minimum absolute atomic E-state index is 0.0915. The molecule has 0 spiro atoms. The predicted molar refractivity (Wildman–Crippen MR) is 138 cm³/mol. The van der Waals surface area contributed by atoms with E-state index in [-0.39, 0.29) is 24.1 Å². The van der Waals surface area contributed by atoms with Crippen LogP contribution in [-0.4, -0.2) is 42.2 Å². The molecule has 2 aromatic rings. The lowest BCUT2D eigenvalue weighted by atomic mass is 10.1. The highest BCUT2D eigenvalue weighted by Gasteiger charge is 2.28. The quantitative estimate of drug-likeness (QED) is 0.391. The van der Waals surface area contributed by atoms with Gasteiger partial charge in [-0.1, -0.05) is 62.2 Å². The van der Waals surface area contributed by atoms with Crippen LogP contribution in [0, 0.1) is 5.92 Å². The average molecular weight is 512 g/mol. The smallest absolute Gasteiger partial charge is 0.242 e. The molecule has 0 aliphatic rings. The van der Waals surface area contributed by atoms with Crippen molar-refractivity contribution in [2.24, 2.45) is 5.92 Å². The monoisotopic (exact) mass is 510 g/mol. The van der Waals surface area contributed by atoms with Crippen molar-refractivity contribution in [3.05, 3.63) is 63.6 Å². The summed E-state index contributed by atoms with van der Waals surface area (Å²) in [7, 11) is 1.63. The van der Waals surface area contributed by atoms with Gasteiger partial charge in [0, 0.05) is 18.8 Å². The summed E-state index contributed by atoms with van der Waals surface area (Å²) in [6.45, 7) is 6.84. The molecule has 2 amide bonds. The molecule has 0 unspecified atom stereocenters. The van der Waals surface area contributed by atoms with Crippen LogP contribution in [0.3, 0.4) is 0 Å². The first kappa shape index (κ1) is 27.4. The van der Waals surface area contributed by atoms with Crippen LogP contribution in [0.15, 0.2) is 42.5 Å². The van der Waals surface area contributed by atoms with Gasteiger partial charge in [-0.05, 0) is 47.7 Å². The maximum Gasteiger partial charge on any atom is 0.242 e. The van der Waals surface area contributed by atoms with Crippen LogP contribution in [0.2, 0.25) is 10.0 Å². The van der Waals surface area contributed by atoms with E-state index in [2.05, 4.69) is 5.32 Å². The molecule has 2 rings (SSSR count). The van der Waals surface area contributed by atoms with Crippen LogP contribution < -0.4 is 10.1 Å². The predicted octanol–water partition coefficient (Wildman–Crippen LogP) is 5.81. The van der Waals surface area contributed by atoms with Gasteiger partial charge in [-0.3, -0.25) is 9.59 Å². The Bertz CT molecular complexity index is 922. The van der Waals surface area contributed by atoms with Gasteiger partial charge in [-0.2, -0.15) is 0 Å². The SMILES string of the molecule is CC[C@@H](C(=O)NCC(C)C)N(Cc1ccc(Cl)c(Cl)c1)C(=O)CSCc1ccc(OC)cc1. The van der Waals surface area contributed by atoms with Gasteiger partial charge in [-0.15, -0.1) is 11.8 Å². The van der Waals surface area contributed by atoms with Crippen molar-refractivity contribution in [3.8, 4) is 5.75 Å². The van der Waals surface area contributed by atoms with E-state index in [4.69, 9.17) is 27.9 Å². The average Bonchev–Trinajstić information content (AvgIpc) is 2.80. The maximum atomic E-state index is 13.3. The van der Waals surface area contributed by atoms with Gasteiger partial charge in [0.1, 0.15) is 11.8 Å². The Hall–Kier alpha value is -1.89. The number of nitrogens with zero attached hydrogens (tertiary/aromatic N) is 1. The zero-order valence-corrected chi connectivity index (χ0v) is 21.9. The van der Waals surface area contributed by atoms with Crippen LogP contribution in [0.25, 0.3) is 0 Å². The van der Waals surface area contributed by atoms with Gasteiger partial charge >= 0.3 is 0 Å². The molecule has 5 nitrogen and oxygen atoms in total. The molecule has 1 N–H and O–H groups in total. The van der Waals surface area contributed by atoms with Crippen molar-refractivity contribution in [1.29, 1.82) is 0 Å². The number of carbonyl (C=O) groups excluding carboxylic acids is 2. The van der Waals surface area contributed by atoms with Crippen molar-refractivity contribution in [1.82, 2.24) is 10.2 Å². The molecule has 0 saturated heterocycles. The maximum absolute atomic E-state index is 13.3. The molecule has 0 radical (unpaired) electrons. The first-order valence-electron chi connectivity index (χ1n) is 11.0. The summed E-state index contributed by atoms with van der Waals surface area (Å²) in [5.41, 5.74) is 1.93. The molecule has 2 aromatic carbocycles. The Morgan fingerprint density at radius 3 is 2.30 bits per heavy atom. The largest absolute Gasteiger partial charge is 0.497 e. The Kier molecular flexibility index (Phi) is 11.4. The third kappa shape index (κ3) is 8.76. The molecule has 8 heteroatoms. The van der Waals surface area contributed by atoms with Crippen molar-refractivity contribution in [2.75, 3.05) is 19.4 Å². The molecular formula is C25H32Cl2N2O3S. The number of hydrogen-bond acceptors (Lipinski definition) is 4. The van der Waals surface area contributed by atoms with Crippen LogP contribution in [0.5, 0.6) is 5.75 Å². The summed E-state index contributed by atoms with van der Waals surface area (Å²) >= 11 is 13.8. The number of thioether (sulfide) groups is 1. The summed E-state index contributed by atoms with van der Waals surface area (Å²) in [4.78, 5) is 27.8. The molecule has 33 heavy (non-hydrogen) atoms. The number of nitrogens with one attached hydrogen (secondary N) is 1. The molecule has 0 saturated carbocycles. The second-order valence-electron chi connectivity index (χ2n) is 8.17. The zero-order valence-electron chi connectivity index (χ0n) is 19.6. The van der Waals surface area contributed by atoms with E-state index in [0.717, 1.165) is 16.9 Å². The molecule has 0 bridgehead atoms. The molecule has 0 fully saturated rings. The van der Waals surface area contributed by atoms with Crippen LogP contribution in [0.4, 0.5) is 0 Å². The van der Waals surface area contributed by atoms with Crippen molar-refractivity contribution < 1.29 is 14.3 Å². The standard InChI is InChI=1S/C25H32Cl2N2O3S/c1-5-23(25(31)28-13-17(2)3)29(14-19-8-11-21(26)22(27)12-19)24(30)16-33-15-18-6-9-20(32-4)10-7-18/h6-12,17,23H,5,13-16H2,1-4H3,(H,28,31)/t23-/m0/s1. The molecule has 0 aromatic heterocycles. The fourth-order valence-electron chi connectivity index (χ4n) is 3.24. The first-order chi connectivity index (χ1) is 15.7. The number of hydrogen-bond donors (Lipinski definition) is 1. The number of rotatable bonds is 12. The van der Waals surface area contributed by atoms with Gasteiger partial charge in [0.25, 0.3) is 0 Å². The van der Waals surface area contributed by atoms with E-state index >= 15 is 0 Å². The fraction of sp³-hybridized carbons (Fsp3) is 0.440. The lowest BCUT2D eigenvalue weighted by Crippen LogP contribution is -2.50. The molecule has 0 aliphatic carbocycles. The lowest BCUT2D eigenvalue weighted by Gasteiger charge is -2.31. The van der Waals surface area contributed by atoms with Gasteiger partial charge < -0.3 is 15.0 Å². The number of carbonyl (C=O) groups is 2. The van der Waals surface area contributed by atoms with Gasteiger partial charge in [0.15, 0.2) is 0 Å². The summed E-state index contributed by atoms with van der Waals surface area (Å²) in [6.07, 6.45) is 0.514. The highest BCUT2D eigenvalue weighted by atomic mass is 35.5. The Morgan fingerprint density at radius 1 is 1.06 bits per heavy atom. The molecule has 0 aliphatic heterocycles. The van der Waals surface area contributed by atoms with Crippen molar-refractivity contribution in [3.63, 3.8) is 0 Å². The molecule has 180 valence electrons. The van der Waals surface area contributed by atoms with E-state index < -0.39 is 6.04 Å². The van der Waals surface area contributed by atoms with E-state index in [1.54, 1.807) is 24.1 Å². The summed E-state index contributed by atoms with van der Waals surface area (Å²) in [5, 5.41) is 3.85. The Morgan fingerprint density at radius 2 is 1.73 bits per heavy atom. The summed E-state index contributed by atoms with van der Waals surface area (Å²) in [5.74, 6) is 1.84. The fourth-order valence-corrected chi connectivity index (χ4v) is 4.43. The topological polar surface area (TPSA) is 58.6 Å². The van der Waals surface area contributed by atoms with Gasteiger partial charge in [0.05, 0.1) is 22.9 Å². The third-order valence-electron chi connectivity index (χ3n) is 5.06.